The highest BCUT2D eigenvalue weighted by Gasteiger charge is 2.31. The molecule has 2 saturated heterocycles. The average molecular weight is 377 g/mol. The van der Waals surface area contributed by atoms with Gasteiger partial charge in [-0.1, -0.05) is 26.0 Å². The van der Waals surface area contributed by atoms with Crippen molar-refractivity contribution in [2.24, 2.45) is 5.92 Å². The first-order valence-corrected chi connectivity index (χ1v) is 10.6. The Morgan fingerprint density at radius 3 is 2.30 bits per heavy atom. The summed E-state index contributed by atoms with van der Waals surface area (Å²) in [6.07, 6.45) is 5.95. The molecule has 150 valence electrons. The molecule has 3 rings (SSSR count). The van der Waals surface area contributed by atoms with Gasteiger partial charge in [0.1, 0.15) is 6.10 Å². The van der Waals surface area contributed by atoms with Gasteiger partial charge in [0.25, 0.3) is 0 Å². The Bertz CT molecular complexity index is 604. The number of rotatable bonds is 6. The largest absolute Gasteiger partial charge is 0.487 e. The Kier molecular flexibility index (Phi) is 7.11. The Hall–Kier alpha value is -1.62. The lowest BCUT2D eigenvalue weighted by Gasteiger charge is -2.42. The fourth-order valence-electron chi connectivity index (χ4n) is 4.43. The molecule has 0 aliphatic carbocycles. The lowest BCUT2D eigenvalue weighted by Crippen LogP contribution is -2.50. The molecule has 27 heavy (non-hydrogen) atoms. The molecule has 0 N–H and O–H groups in total. The average Bonchev–Trinajstić information content (AvgIpc) is 2.71. The van der Waals surface area contributed by atoms with E-state index < -0.39 is 0 Å². The van der Waals surface area contributed by atoms with E-state index in [1.165, 1.54) is 6.07 Å². The van der Waals surface area contributed by atoms with Crippen LogP contribution in [0.1, 0.15) is 52.4 Å². The molecule has 0 atom stereocenters. The quantitative estimate of drug-likeness (QED) is 0.749. The highest BCUT2D eigenvalue weighted by atomic mass is 19.1. The van der Waals surface area contributed by atoms with Crippen molar-refractivity contribution in [3.05, 3.63) is 30.1 Å². The van der Waals surface area contributed by atoms with Crippen molar-refractivity contribution < 1.29 is 13.9 Å². The van der Waals surface area contributed by atoms with E-state index in [4.69, 9.17) is 4.74 Å². The van der Waals surface area contributed by atoms with Crippen LogP contribution in [0.5, 0.6) is 5.75 Å². The highest BCUT2D eigenvalue weighted by Crippen LogP contribution is 2.26. The van der Waals surface area contributed by atoms with Crippen molar-refractivity contribution >= 4 is 5.91 Å². The summed E-state index contributed by atoms with van der Waals surface area (Å²) in [6, 6.07) is 7.20. The molecule has 4 nitrogen and oxygen atoms in total. The summed E-state index contributed by atoms with van der Waals surface area (Å²) in [4.78, 5) is 17.2. The van der Waals surface area contributed by atoms with E-state index in [2.05, 4.69) is 23.6 Å². The van der Waals surface area contributed by atoms with Gasteiger partial charge in [0, 0.05) is 38.1 Å². The van der Waals surface area contributed by atoms with Crippen molar-refractivity contribution in [2.75, 3.05) is 26.2 Å². The third kappa shape index (κ3) is 5.01. The molecule has 1 aromatic rings. The maximum Gasteiger partial charge on any atom is 0.225 e. The Morgan fingerprint density at radius 1 is 1.07 bits per heavy atom. The van der Waals surface area contributed by atoms with Gasteiger partial charge in [-0.05, 0) is 50.7 Å². The Balaban J connectivity index is 1.43. The standard InChI is InChI=1S/C22H33FN2O2/c1-3-17(4-2)22(26)25-13-9-18(10-14-25)24-15-11-19(12-16-24)27-21-8-6-5-7-20(21)23/h5-8,17-19H,3-4,9-16H2,1-2H3. The number of likely N-dealkylation sites (tertiary alicyclic amines) is 2. The summed E-state index contributed by atoms with van der Waals surface area (Å²) in [5, 5.41) is 0. The molecular formula is C22H33FN2O2. The number of hydrogen-bond donors (Lipinski definition) is 0. The predicted octanol–water partition coefficient (Wildman–Crippen LogP) is 4.10. The number of benzene rings is 1. The van der Waals surface area contributed by atoms with Crippen molar-refractivity contribution in [2.45, 2.75) is 64.5 Å². The number of ether oxygens (including phenoxy) is 1. The summed E-state index contributed by atoms with van der Waals surface area (Å²) < 4.78 is 19.6. The maximum atomic E-state index is 13.8. The molecule has 2 fully saturated rings. The van der Waals surface area contributed by atoms with Crippen LogP contribution in [-0.4, -0.2) is 54.0 Å². The van der Waals surface area contributed by atoms with Gasteiger partial charge < -0.3 is 9.64 Å². The second-order valence-corrected chi connectivity index (χ2v) is 7.85. The Labute approximate surface area is 162 Å². The van der Waals surface area contributed by atoms with Crippen LogP contribution in [-0.2, 0) is 4.79 Å². The first kappa shape index (κ1) is 20.1. The van der Waals surface area contributed by atoms with Crippen LogP contribution in [0.2, 0.25) is 0 Å². The minimum absolute atomic E-state index is 0.0923. The summed E-state index contributed by atoms with van der Waals surface area (Å²) >= 11 is 0. The van der Waals surface area contributed by atoms with Crippen molar-refractivity contribution in [1.29, 1.82) is 0 Å². The molecule has 2 aliphatic heterocycles. The molecule has 1 aromatic carbocycles. The smallest absolute Gasteiger partial charge is 0.225 e. The second kappa shape index (κ2) is 9.54. The van der Waals surface area contributed by atoms with E-state index in [-0.39, 0.29) is 17.8 Å². The summed E-state index contributed by atoms with van der Waals surface area (Å²) in [6.45, 7) is 7.95. The van der Waals surface area contributed by atoms with Gasteiger partial charge in [-0.15, -0.1) is 0 Å². The zero-order valence-electron chi connectivity index (χ0n) is 16.7. The first-order chi connectivity index (χ1) is 13.1. The predicted molar refractivity (Wildman–Crippen MR) is 105 cm³/mol. The lowest BCUT2D eigenvalue weighted by molar-refractivity contribution is -0.137. The van der Waals surface area contributed by atoms with Gasteiger partial charge in [0.2, 0.25) is 5.91 Å². The molecule has 0 radical (unpaired) electrons. The van der Waals surface area contributed by atoms with E-state index in [0.717, 1.165) is 64.7 Å². The fraction of sp³-hybridized carbons (Fsp3) is 0.682. The number of carbonyl (C=O) groups is 1. The summed E-state index contributed by atoms with van der Waals surface area (Å²) in [7, 11) is 0. The summed E-state index contributed by atoms with van der Waals surface area (Å²) in [5.41, 5.74) is 0. The minimum Gasteiger partial charge on any atom is -0.487 e. The number of halogens is 1. The fourth-order valence-corrected chi connectivity index (χ4v) is 4.43. The number of carbonyl (C=O) groups excluding carboxylic acids is 1. The number of nitrogens with zero attached hydrogens (tertiary/aromatic N) is 2. The number of para-hydroxylation sites is 1. The van der Waals surface area contributed by atoms with Crippen LogP contribution in [0.25, 0.3) is 0 Å². The molecule has 0 aromatic heterocycles. The topological polar surface area (TPSA) is 32.8 Å². The van der Waals surface area contributed by atoms with E-state index in [9.17, 15) is 9.18 Å². The highest BCUT2D eigenvalue weighted by molar-refractivity contribution is 5.78. The molecule has 0 spiro atoms. The van der Waals surface area contributed by atoms with Gasteiger partial charge in [-0.25, -0.2) is 4.39 Å². The van der Waals surface area contributed by atoms with E-state index in [1.54, 1.807) is 12.1 Å². The number of amides is 1. The zero-order valence-corrected chi connectivity index (χ0v) is 16.7. The van der Waals surface area contributed by atoms with Gasteiger partial charge >= 0.3 is 0 Å². The van der Waals surface area contributed by atoms with Crippen LogP contribution in [0.15, 0.2) is 24.3 Å². The molecule has 0 saturated carbocycles. The molecule has 1 amide bonds. The van der Waals surface area contributed by atoms with Crippen molar-refractivity contribution in [3.8, 4) is 5.75 Å². The van der Waals surface area contributed by atoms with Crippen LogP contribution in [0.3, 0.4) is 0 Å². The van der Waals surface area contributed by atoms with E-state index in [0.29, 0.717) is 17.7 Å². The minimum atomic E-state index is -0.283. The monoisotopic (exact) mass is 376 g/mol. The molecule has 2 aliphatic rings. The SMILES string of the molecule is CCC(CC)C(=O)N1CCC(N2CCC(Oc3ccccc3F)CC2)CC1. The molecule has 5 heteroatoms. The maximum absolute atomic E-state index is 13.8. The first-order valence-electron chi connectivity index (χ1n) is 10.6. The van der Waals surface area contributed by atoms with Crippen LogP contribution in [0, 0.1) is 11.7 Å². The van der Waals surface area contributed by atoms with Gasteiger partial charge in [-0.2, -0.15) is 0 Å². The molecule has 2 heterocycles. The zero-order chi connectivity index (χ0) is 19.2. The van der Waals surface area contributed by atoms with Crippen molar-refractivity contribution in [1.82, 2.24) is 9.80 Å². The lowest BCUT2D eigenvalue weighted by atomic mass is 9.96. The van der Waals surface area contributed by atoms with Crippen LogP contribution in [0.4, 0.5) is 4.39 Å². The van der Waals surface area contributed by atoms with Gasteiger partial charge in [0.05, 0.1) is 0 Å². The second-order valence-electron chi connectivity index (χ2n) is 7.85. The molecule has 0 unspecified atom stereocenters. The third-order valence-electron chi connectivity index (χ3n) is 6.23. The summed E-state index contributed by atoms with van der Waals surface area (Å²) in [5.74, 6) is 0.613. The van der Waals surface area contributed by atoms with Gasteiger partial charge in [0.15, 0.2) is 11.6 Å². The van der Waals surface area contributed by atoms with Gasteiger partial charge in [-0.3, -0.25) is 9.69 Å². The number of hydrogen-bond acceptors (Lipinski definition) is 3. The normalized spacial score (nSPS) is 20.2. The van der Waals surface area contributed by atoms with Crippen LogP contribution < -0.4 is 4.74 Å². The Morgan fingerprint density at radius 2 is 1.70 bits per heavy atom. The van der Waals surface area contributed by atoms with Crippen LogP contribution >= 0.6 is 0 Å². The third-order valence-corrected chi connectivity index (χ3v) is 6.23. The van der Waals surface area contributed by atoms with E-state index >= 15 is 0 Å². The number of piperidine rings is 2. The molecular weight excluding hydrogens is 343 g/mol. The molecule has 0 bridgehead atoms. The van der Waals surface area contributed by atoms with Crippen molar-refractivity contribution in [3.63, 3.8) is 0 Å². The van der Waals surface area contributed by atoms with E-state index in [1.807, 2.05) is 6.07 Å².